The number of hydrogen-bond acceptors (Lipinski definition) is 3. The molecule has 3 atom stereocenters. The van der Waals surface area contributed by atoms with Crippen molar-refractivity contribution >= 4 is 11.8 Å². The van der Waals surface area contributed by atoms with Gasteiger partial charge in [0.05, 0.1) is 0 Å². The third-order valence-electron chi connectivity index (χ3n) is 6.76. The zero-order valence-corrected chi connectivity index (χ0v) is 16.0. The van der Waals surface area contributed by atoms with E-state index in [2.05, 4.69) is 5.32 Å². The molecule has 5 nitrogen and oxygen atoms in total. The van der Waals surface area contributed by atoms with Gasteiger partial charge in [0, 0.05) is 23.7 Å². The normalized spacial score (nSPS) is 33.4. The summed E-state index contributed by atoms with van der Waals surface area (Å²) in [7, 11) is 0. The first-order valence-corrected chi connectivity index (χ1v) is 10.6. The average Bonchev–Trinajstić information content (AvgIpc) is 3.09. The van der Waals surface area contributed by atoms with E-state index in [-0.39, 0.29) is 36.0 Å². The summed E-state index contributed by atoms with van der Waals surface area (Å²) in [6.45, 7) is 0. The van der Waals surface area contributed by atoms with Gasteiger partial charge < -0.3 is 16.0 Å². The van der Waals surface area contributed by atoms with Crippen molar-refractivity contribution < 1.29 is 9.59 Å². The van der Waals surface area contributed by atoms with E-state index in [1.807, 2.05) is 35.2 Å². The number of nitrogens with two attached hydrogens (primary N) is 1. The smallest absolute Gasteiger partial charge is 0.254 e. The summed E-state index contributed by atoms with van der Waals surface area (Å²) in [5.74, 6) is 0.506. The lowest BCUT2D eigenvalue weighted by Gasteiger charge is -2.34. The summed E-state index contributed by atoms with van der Waals surface area (Å²) >= 11 is 0. The van der Waals surface area contributed by atoms with Crippen molar-refractivity contribution in [3.05, 3.63) is 35.9 Å². The Morgan fingerprint density at radius 3 is 2.41 bits per heavy atom. The quantitative estimate of drug-likeness (QED) is 0.860. The van der Waals surface area contributed by atoms with Gasteiger partial charge in [-0.1, -0.05) is 31.0 Å². The lowest BCUT2D eigenvalue weighted by Crippen LogP contribution is -2.52. The van der Waals surface area contributed by atoms with E-state index < -0.39 is 0 Å². The molecule has 3 N–H and O–H groups in total. The van der Waals surface area contributed by atoms with Crippen LogP contribution in [0.2, 0.25) is 0 Å². The van der Waals surface area contributed by atoms with Crippen molar-refractivity contribution in [2.45, 2.75) is 82.0 Å². The fourth-order valence-corrected chi connectivity index (χ4v) is 5.28. The Hall–Kier alpha value is -1.88. The standard InChI is InChI=1S/C22H31N3O2/c23-17-10-12-18(13-11-17)24-21(26)20-14-16-8-4-5-9-19(16)25(20)22(27)15-6-2-1-3-7-15/h1-3,6-7,16-20H,4-5,8-14,23H2,(H,24,26). The average molecular weight is 370 g/mol. The van der Waals surface area contributed by atoms with Crippen LogP contribution in [0.15, 0.2) is 30.3 Å². The molecule has 1 aliphatic heterocycles. The number of carbonyl (C=O) groups excluding carboxylic acids is 2. The number of rotatable bonds is 3. The van der Waals surface area contributed by atoms with Crippen LogP contribution in [0.5, 0.6) is 0 Å². The van der Waals surface area contributed by atoms with Gasteiger partial charge >= 0.3 is 0 Å². The van der Waals surface area contributed by atoms with E-state index in [0.717, 1.165) is 51.4 Å². The van der Waals surface area contributed by atoms with Crippen LogP contribution in [0.4, 0.5) is 0 Å². The number of likely N-dealkylation sites (tertiary alicyclic amines) is 1. The third-order valence-corrected chi connectivity index (χ3v) is 6.76. The zero-order chi connectivity index (χ0) is 18.8. The van der Waals surface area contributed by atoms with Gasteiger partial charge in [0.15, 0.2) is 0 Å². The molecule has 3 aliphatic rings. The van der Waals surface area contributed by atoms with Gasteiger partial charge in [-0.25, -0.2) is 0 Å². The Labute approximate surface area is 161 Å². The monoisotopic (exact) mass is 369 g/mol. The van der Waals surface area contributed by atoms with E-state index in [9.17, 15) is 9.59 Å². The topological polar surface area (TPSA) is 75.4 Å². The predicted octanol–water partition coefficient (Wildman–Crippen LogP) is 2.85. The van der Waals surface area contributed by atoms with Crippen molar-refractivity contribution in [3.63, 3.8) is 0 Å². The lowest BCUT2D eigenvalue weighted by molar-refractivity contribution is -0.126. The van der Waals surface area contributed by atoms with Crippen LogP contribution in [-0.4, -0.2) is 40.9 Å². The number of hydrogen-bond donors (Lipinski definition) is 2. The summed E-state index contributed by atoms with van der Waals surface area (Å²) in [4.78, 5) is 28.3. The molecule has 0 radical (unpaired) electrons. The summed E-state index contributed by atoms with van der Waals surface area (Å²) in [5, 5.41) is 3.24. The second kappa shape index (κ2) is 8.01. The number of carbonyl (C=O) groups is 2. The van der Waals surface area contributed by atoms with Crippen LogP contribution >= 0.6 is 0 Å². The molecule has 2 saturated carbocycles. The largest absolute Gasteiger partial charge is 0.352 e. The fraction of sp³-hybridized carbons (Fsp3) is 0.636. The summed E-state index contributed by atoms with van der Waals surface area (Å²) in [5.41, 5.74) is 6.68. The second-order valence-corrected chi connectivity index (χ2v) is 8.56. The number of amides is 2. The van der Waals surface area contributed by atoms with Crippen LogP contribution < -0.4 is 11.1 Å². The minimum absolute atomic E-state index is 0.0100. The van der Waals surface area contributed by atoms with E-state index in [1.54, 1.807) is 0 Å². The highest BCUT2D eigenvalue weighted by Gasteiger charge is 2.47. The maximum atomic E-state index is 13.3. The van der Waals surface area contributed by atoms with Gasteiger partial charge in [0.2, 0.25) is 5.91 Å². The number of benzene rings is 1. The molecule has 2 aliphatic carbocycles. The minimum atomic E-state index is -0.332. The van der Waals surface area contributed by atoms with Gasteiger partial charge in [0.1, 0.15) is 6.04 Å². The van der Waals surface area contributed by atoms with Crippen LogP contribution in [-0.2, 0) is 4.79 Å². The predicted molar refractivity (Wildman–Crippen MR) is 105 cm³/mol. The maximum absolute atomic E-state index is 13.3. The van der Waals surface area contributed by atoms with Crippen LogP contribution in [0.25, 0.3) is 0 Å². The first kappa shape index (κ1) is 18.5. The lowest BCUT2D eigenvalue weighted by atomic mass is 9.84. The van der Waals surface area contributed by atoms with Gasteiger partial charge in [-0.15, -0.1) is 0 Å². The molecular weight excluding hydrogens is 338 g/mol. The van der Waals surface area contributed by atoms with Crippen molar-refractivity contribution in [1.82, 2.24) is 10.2 Å². The summed E-state index contributed by atoms with van der Waals surface area (Å²) in [6.07, 6.45) is 9.13. The number of nitrogens with zero attached hydrogens (tertiary/aromatic N) is 1. The van der Waals surface area contributed by atoms with Crippen LogP contribution in [0.3, 0.4) is 0 Å². The Kier molecular flexibility index (Phi) is 5.48. The summed E-state index contributed by atoms with van der Waals surface area (Å²) in [6, 6.07) is 9.76. The van der Waals surface area contributed by atoms with Gasteiger partial charge in [-0.05, 0) is 63.0 Å². The highest BCUT2D eigenvalue weighted by atomic mass is 16.2. The molecule has 1 heterocycles. The molecule has 146 valence electrons. The molecule has 4 rings (SSSR count). The van der Waals surface area contributed by atoms with Gasteiger partial charge in [-0.3, -0.25) is 9.59 Å². The molecule has 5 heteroatoms. The Bertz CT molecular complexity index is 669. The van der Waals surface area contributed by atoms with Gasteiger partial charge in [-0.2, -0.15) is 0 Å². The third kappa shape index (κ3) is 3.88. The summed E-state index contributed by atoms with van der Waals surface area (Å²) < 4.78 is 0. The molecule has 0 bridgehead atoms. The first-order chi connectivity index (χ1) is 13.1. The molecule has 0 spiro atoms. The number of nitrogens with one attached hydrogen (secondary N) is 1. The molecule has 2 amide bonds. The Morgan fingerprint density at radius 2 is 1.67 bits per heavy atom. The highest BCUT2D eigenvalue weighted by Crippen LogP contribution is 2.40. The van der Waals surface area contributed by atoms with Crippen LogP contribution in [0.1, 0.15) is 68.1 Å². The fourth-order valence-electron chi connectivity index (χ4n) is 5.28. The molecule has 27 heavy (non-hydrogen) atoms. The van der Waals surface area contributed by atoms with Crippen molar-refractivity contribution in [1.29, 1.82) is 0 Å². The molecule has 1 saturated heterocycles. The highest BCUT2D eigenvalue weighted by molar-refractivity contribution is 5.98. The zero-order valence-electron chi connectivity index (χ0n) is 16.0. The molecule has 3 unspecified atom stereocenters. The van der Waals surface area contributed by atoms with E-state index in [0.29, 0.717) is 11.5 Å². The molecule has 0 aromatic heterocycles. The van der Waals surface area contributed by atoms with Crippen molar-refractivity contribution in [3.8, 4) is 0 Å². The Balaban J connectivity index is 1.52. The van der Waals surface area contributed by atoms with Gasteiger partial charge in [0.25, 0.3) is 5.91 Å². The van der Waals surface area contributed by atoms with Crippen molar-refractivity contribution in [2.75, 3.05) is 0 Å². The van der Waals surface area contributed by atoms with Crippen molar-refractivity contribution in [2.24, 2.45) is 11.7 Å². The Morgan fingerprint density at radius 1 is 0.963 bits per heavy atom. The first-order valence-electron chi connectivity index (χ1n) is 10.6. The maximum Gasteiger partial charge on any atom is 0.254 e. The van der Waals surface area contributed by atoms with Crippen LogP contribution in [0, 0.1) is 5.92 Å². The molecule has 1 aromatic carbocycles. The minimum Gasteiger partial charge on any atom is -0.352 e. The molecule has 3 fully saturated rings. The molecular formula is C22H31N3O2. The van der Waals surface area contributed by atoms with E-state index in [4.69, 9.17) is 5.73 Å². The van der Waals surface area contributed by atoms with E-state index >= 15 is 0 Å². The SMILES string of the molecule is NC1CCC(NC(=O)C2CC3CCCCC3N2C(=O)c2ccccc2)CC1. The number of fused-ring (bicyclic) bond motifs is 1. The molecule has 1 aromatic rings. The van der Waals surface area contributed by atoms with E-state index in [1.165, 1.54) is 6.42 Å². The second-order valence-electron chi connectivity index (χ2n) is 8.56.